The summed E-state index contributed by atoms with van der Waals surface area (Å²) in [5.41, 5.74) is 2.92. The predicted octanol–water partition coefficient (Wildman–Crippen LogP) is 4.80. The lowest BCUT2D eigenvalue weighted by molar-refractivity contribution is -0.186. The number of rotatable bonds is 7. The van der Waals surface area contributed by atoms with Gasteiger partial charge >= 0.3 is 5.97 Å². The third kappa shape index (κ3) is 4.60. The lowest BCUT2D eigenvalue weighted by Gasteiger charge is -2.26. The number of aliphatic hydroxyl groups is 1. The molecule has 0 saturated heterocycles. The van der Waals surface area contributed by atoms with Gasteiger partial charge in [0.25, 0.3) is 5.79 Å². The Morgan fingerprint density at radius 2 is 1.86 bits per heavy atom. The van der Waals surface area contributed by atoms with E-state index in [4.69, 9.17) is 23.7 Å². The number of esters is 1. The van der Waals surface area contributed by atoms with E-state index in [-0.39, 0.29) is 30.6 Å². The molecular formula is C28H30O7. The molecule has 2 aliphatic heterocycles. The zero-order valence-corrected chi connectivity index (χ0v) is 20.0. The molecule has 7 heteroatoms. The molecule has 0 bridgehead atoms. The van der Waals surface area contributed by atoms with Gasteiger partial charge in [-0.05, 0) is 74.1 Å². The maximum Gasteiger partial charge on any atom is 0.345 e. The minimum atomic E-state index is -1.95. The fourth-order valence-corrected chi connectivity index (χ4v) is 4.94. The van der Waals surface area contributed by atoms with E-state index in [1.54, 1.807) is 31.4 Å². The molecule has 1 unspecified atom stereocenters. The molecule has 1 saturated carbocycles. The molecule has 1 atom stereocenters. The largest absolute Gasteiger partial charge is 0.497 e. The van der Waals surface area contributed by atoms with Crippen LogP contribution in [-0.4, -0.2) is 31.1 Å². The SMILES string of the molecule is COc1ccc(C2(O)OC(=O)C(C3=COCO3)=C2Cc2ccc(OC3CCCCC3)c(C)c2)cc1. The Morgan fingerprint density at radius 3 is 2.51 bits per heavy atom. The van der Waals surface area contributed by atoms with Gasteiger partial charge in [0.05, 0.1) is 13.2 Å². The molecule has 5 rings (SSSR count). The van der Waals surface area contributed by atoms with Gasteiger partial charge in [0.1, 0.15) is 23.3 Å². The van der Waals surface area contributed by atoms with Crippen LogP contribution in [0.15, 0.2) is 65.6 Å². The van der Waals surface area contributed by atoms with Gasteiger partial charge < -0.3 is 28.8 Å². The molecule has 7 nitrogen and oxygen atoms in total. The lowest BCUT2D eigenvalue weighted by Crippen LogP contribution is -2.29. The van der Waals surface area contributed by atoms with Crippen LogP contribution in [0.25, 0.3) is 0 Å². The van der Waals surface area contributed by atoms with Crippen molar-refractivity contribution >= 4 is 5.97 Å². The standard InChI is InChI=1S/C28H30O7/c1-18-14-19(8-13-24(18)34-22-6-4-3-5-7-22)15-23-26(25-16-32-17-33-25)27(29)35-28(23,30)20-9-11-21(31-2)12-10-20/h8-14,16,22,30H,3-7,15,17H2,1-2H3. The number of hydrogen-bond donors (Lipinski definition) is 1. The van der Waals surface area contributed by atoms with E-state index in [9.17, 15) is 9.90 Å². The molecule has 0 amide bonds. The highest BCUT2D eigenvalue weighted by Crippen LogP contribution is 2.44. The van der Waals surface area contributed by atoms with E-state index in [0.29, 0.717) is 16.9 Å². The van der Waals surface area contributed by atoms with Crippen LogP contribution in [0.3, 0.4) is 0 Å². The smallest absolute Gasteiger partial charge is 0.345 e. The molecular weight excluding hydrogens is 448 g/mol. The van der Waals surface area contributed by atoms with Crippen LogP contribution in [0.2, 0.25) is 0 Å². The van der Waals surface area contributed by atoms with Crippen molar-refractivity contribution in [2.45, 2.75) is 57.3 Å². The quantitative estimate of drug-likeness (QED) is 0.572. The van der Waals surface area contributed by atoms with E-state index >= 15 is 0 Å². The highest BCUT2D eigenvalue weighted by molar-refractivity contribution is 5.97. The average Bonchev–Trinajstić information content (AvgIpc) is 3.48. The Bertz CT molecular complexity index is 1160. The van der Waals surface area contributed by atoms with Crippen molar-refractivity contribution < 1.29 is 33.6 Å². The van der Waals surface area contributed by atoms with Crippen LogP contribution in [0, 0.1) is 6.92 Å². The summed E-state index contributed by atoms with van der Waals surface area (Å²) in [4.78, 5) is 13.0. The third-order valence-electron chi connectivity index (χ3n) is 6.82. The summed E-state index contributed by atoms with van der Waals surface area (Å²) < 4.78 is 27.8. The minimum Gasteiger partial charge on any atom is -0.497 e. The zero-order chi connectivity index (χ0) is 24.4. The first-order chi connectivity index (χ1) is 17.0. The Morgan fingerprint density at radius 1 is 1.09 bits per heavy atom. The molecule has 35 heavy (non-hydrogen) atoms. The molecule has 2 heterocycles. The fourth-order valence-electron chi connectivity index (χ4n) is 4.94. The predicted molar refractivity (Wildman–Crippen MR) is 128 cm³/mol. The van der Waals surface area contributed by atoms with Crippen LogP contribution in [0.1, 0.15) is 48.8 Å². The summed E-state index contributed by atoms with van der Waals surface area (Å²) in [5, 5.41) is 11.7. The van der Waals surface area contributed by atoms with Gasteiger partial charge in [0.15, 0.2) is 5.76 Å². The number of methoxy groups -OCH3 is 1. The van der Waals surface area contributed by atoms with Crippen molar-refractivity contribution in [3.63, 3.8) is 0 Å². The number of ether oxygens (including phenoxy) is 5. The Balaban J connectivity index is 1.48. The van der Waals surface area contributed by atoms with Gasteiger partial charge in [-0.1, -0.05) is 18.6 Å². The number of benzene rings is 2. The fraction of sp³-hybridized carbons (Fsp3) is 0.393. The zero-order valence-electron chi connectivity index (χ0n) is 20.0. The van der Waals surface area contributed by atoms with Gasteiger partial charge in [-0.3, -0.25) is 0 Å². The van der Waals surface area contributed by atoms with Crippen LogP contribution in [-0.2, 0) is 31.2 Å². The highest BCUT2D eigenvalue weighted by atomic mass is 16.7. The average molecular weight is 479 g/mol. The molecule has 1 N–H and O–H groups in total. The Hall–Kier alpha value is -3.45. The normalized spacial score (nSPS) is 22.4. The van der Waals surface area contributed by atoms with Crippen molar-refractivity contribution in [1.82, 2.24) is 0 Å². The van der Waals surface area contributed by atoms with Crippen LogP contribution in [0.4, 0.5) is 0 Å². The Kier molecular flexibility index (Phi) is 6.43. The molecule has 0 spiro atoms. The van der Waals surface area contributed by atoms with Gasteiger partial charge in [-0.15, -0.1) is 0 Å². The summed E-state index contributed by atoms with van der Waals surface area (Å²) in [6, 6.07) is 12.8. The first-order valence-electron chi connectivity index (χ1n) is 12.0. The molecule has 1 fully saturated rings. The highest BCUT2D eigenvalue weighted by Gasteiger charge is 2.49. The molecule has 2 aromatic rings. The van der Waals surface area contributed by atoms with Gasteiger partial charge in [-0.2, -0.15) is 0 Å². The van der Waals surface area contributed by atoms with E-state index < -0.39 is 11.8 Å². The number of hydrogen-bond acceptors (Lipinski definition) is 7. The lowest BCUT2D eigenvalue weighted by atomic mass is 9.89. The van der Waals surface area contributed by atoms with Crippen molar-refractivity contribution in [2.75, 3.05) is 13.9 Å². The van der Waals surface area contributed by atoms with Gasteiger partial charge in [0, 0.05) is 17.6 Å². The van der Waals surface area contributed by atoms with E-state index in [1.807, 2.05) is 25.1 Å². The molecule has 0 aromatic heterocycles. The molecule has 1 aliphatic carbocycles. The summed E-state index contributed by atoms with van der Waals surface area (Å²) in [6.07, 6.45) is 7.77. The number of cyclic esters (lactones) is 1. The van der Waals surface area contributed by atoms with Crippen molar-refractivity contribution in [2.24, 2.45) is 0 Å². The van der Waals surface area contributed by atoms with Crippen LogP contribution in [0.5, 0.6) is 11.5 Å². The summed E-state index contributed by atoms with van der Waals surface area (Å²) in [5.74, 6) is -0.857. The molecule has 2 aromatic carbocycles. The van der Waals surface area contributed by atoms with E-state index in [1.165, 1.54) is 25.5 Å². The van der Waals surface area contributed by atoms with Crippen molar-refractivity contribution in [3.8, 4) is 11.5 Å². The monoisotopic (exact) mass is 478 g/mol. The topological polar surface area (TPSA) is 83.5 Å². The maximum absolute atomic E-state index is 13.0. The summed E-state index contributed by atoms with van der Waals surface area (Å²) >= 11 is 0. The van der Waals surface area contributed by atoms with E-state index in [0.717, 1.165) is 29.7 Å². The summed E-state index contributed by atoms with van der Waals surface area (Å²) in [7, 11) is 1.57. The first kappa shape index (κ1) is 23.3. The second-order valence-electron chi connectivity index (χ2n) is 9.18. The second-order valence-corrected chi connectivity index (χ2v) is 9.18. The second kappa shape index (κ2) is 9.66. The molecule has 3 aliphatic rings. The number of aryl methyl sites for hydroxylation is 1. The maximum atomic E-state index is 13.0. The number of carbonyl (C=O) groups is 1. The first-order valence-corrected chi connectivity index (χ1v) is 12.0. The minimum absolute atomic E-state index is 0.00662. The van der Waals surface area contributed by atoms with Crippen LogP contribution < -0.4 is 9.47 Å². The summed E-state index contributed by atoms with van der Waals surface area (Å²) in [6.45, 7) is 2.02. The number of carbonyl (C=O) groups excluding carboxylic acids is 1. The van der Waals surface area contributed by atoms with Crippen LogP contribution >= 0.6 is 0 Å². The van der Waals surface area contributed by atoms with Crippen molar-refractivity contribution in [1.29, 1.82) is 0 Å². The van der Waals surface area contributed by atoms with E-state index in [2.05, 4.69) is 0 Å². The van der Waals surface area contributed by atoms with Gasteiger partial charge in [-0.25, -0.2) is 4.79 Å². The molecule has 184 valence electrons. The molecule has 0 radical (unpaired) electrons. The Labute approximate surface area is 204 Å². The third-order valence-corrected chi connectivity index (χ3v) is 6.82. The van der Waals surface area contributed by atoms with Crippen molar-refractivity contribution in [3.05, 3.63) is 82.3 Å². The van der Waals surface area contributed by atoms with Gasteiger partial charge in [0.2, 0.25) is 6.79 Å².